The third-order valence-electron chi connectivity index (χ3n) is 9.28. The van der Waals surface area contributed by atoms with E-state index in [0.29, 0.717) is 0 Å². The van der Waals surface area contributed by atoms with E-state index >= 15 is 0 Å². The van der Waals surface area contributed by atoms with Gasteiger partial charge in [0.1, 0.15) is 0 Å². The fraction of sp³-hybridized carbons (Fsp3) is 0.953. The summed E-state index contributed by atoms with van der Waals surface area (Å²) in [7, 11) is 6.31. The zero-order valence-corrected chi connectivity index (χ0v) is 33.4. The first-order chi connectivity index (χ1) is 23.1. The van der Waals surface area contributed by atoms with E-state index < -0.39 is 0 Å². The largest absolute Gasteiger partial charge is 0.330 e. The second-order valence-electron chi connectivity index (χ2n) is 14.8. The van der Waals surface area contributed by atoms with Gasteiger partial charge in [0.15, 0.2) is 0 Å². The Balaban J connectivity index is 0. The summed E-state index contributed by atoms with van der Waals surface area (Å²) in [5.41, 5.74) is 5.47. The van der Waals surface area contributed by atoms with Gasteiger partial charge in [0.25, 0.3) is 0 Å². The minimum atomic E-state index is 0.834. The molecule has 0 amide bonds. The van der Waals surface area contributed by atoms with Crippen LogP contribution in [0.5, 0.6) is 0 Å². The molecule has 0 bridgehead atoms. The summed E-state index contributed by atoms with van der Waals surface area (Å²) in [5.74, 6) is 6.45. The van der Waals surface area contributed by atoms with Crippen LogP contribution in [0.4, 0.5) is 0 Å². The van der Waals surface area contributed by atoms with Gasteiger partial charge >= 0.3 is 0 Å². The highest BCUT2D eigenvalue weighted by atomic mass is 15.1. The molecule has 0 heterocycles. The lowest BCUT2D eigenvalue weighted by Gasteiger charge is -2.12. The molecule has 4 heteroatoms. The van der Waals surface area contributed by atoms with Crippen LogP contribution in [0.15, 0.2) is 0 Å². The Morgan fingerprint density at radius 3 is 1.09 bits per heavy atom. The molecular weight excluding hydrogens is 573 g/mol. The molecular formula is C43H90N4. The summed E-state index contributed by atoms with van der Waals surface area (Å²) in [6, 6.07) is 0. The van der Waals surface area contributed by atoms with Gasteiger partial charge in [0.05, 0.1) is 13.1 Å². The number of nitrogens with zero attached hydrogens (tertiary/aromatic N) is 2. The van der Waals surface area contributed by atoms with Crippen molar-refractivity contribution in [2.45, 2.75) is 206 Å². The van der Waals surface area contributed by atoms with E-state index in [2.05, 4.69) is 61.9 Å². The summed E-state index contributed by atoms with van der Waals surface area (Å²) >= 11 is 0. The molecule has 0 rings (SSSR count). The van der Waals surface area contributed by atoms with Gasteiger partial charge in [-0.3, -0.25) is 9.80 Å². The predicted molar refractivity (Wildman–Crippen MR) is 216 cm³/mol. The molecule has 0 spiro atoms. The maximum atomic E-state index is 5.47. The molecule has 0 saturated heterocycles. The molecule has 282 valence electrons. The van der Waals surface area contributed by atoms with Crippen LogP contribution in [0.25, 0.3) is 0 Å². The lowest BCUT2D eigenvalue weighted by Crippen LogP contribution is -2.20. The van der Waals surface area contributed by atoms with Crippen LogP contribution in [0.1, 0.15) is 206 Å². The van der Waals surface area contributed by atoms with Crippen LogP contribution in [0.2, 0.25) is 0 Å². The van der Waals surface area contributed by atoms with E-state index in [0.717, 1.165) is 32.6 Å². The lowest BCUT2D eigenvalue weighted by molar-refractivity contribution is 0.360. The topological polar surface area (TPSA) is 44.5 Å². The highest BCUT2D eigenvalue weighted by Gasteiger charge is 1.98. The van der Waals surface area contributed by atoms with Gasteiger partial charge in [-0.15, -0.1) is 0 Å². The van der Waals surface area contributed by atoms with Gasteiger partial charge in [0, 0.05) is 0 Å². The SMILES string of the molecule is CCCCCCCCCCCCCCCCN(C)CC#CCN(C)C.CCCCCCCCCCCCCCCCNCCCCN. The molecule has 0 atom stereocenters. The summed E-state index contributed by atoms with van der Waals surface area (Å²) in [6.07, 6.45) is 42.6. The molecule has 4 nitrogen and oxygen atoms in total. The van der Waals surface area contributed by atoms with Gasteiger partial charge in [-0.25, -0.2) is 0 Å². The van der Waals surface area contributed by atoms with Crippen molar-refractivity contribution in [3.05, 3.63) is 0 Å². The third kappa shape index (κ3) is 49.9. The summed E-state index contributed by atoms with van der Waals surface area (Å²) < 4.78 is 0. The van der Waals surface area contributed by atoms with Gasteiger partial charge in [-0.1, -0.05) is 193 Å². The fourth-order valence-corrected chi connectivity index (χ4v) is 6.02. The van der Waals surface area contributed by atoms with Crippen molar-refractivity contribution in [3.8, 4) is 11.8 Å². The molecule has 0 aromatic carbocycles. The van der Waals surface area contributed by atoms with Gasteiger partial charge in [0.2, 0.25) is 0 Å². The summed E-state index contributed by atoms with van der Waals surface area (Å²) in [5, 5.41) is 3.51. The van der Waals surface area contributed by atoms with E-state index in [1.165, 1.54) is 199 Å². The zero-order valence-electron chi connectivity index (χ0n) is 33.4. The van der Waals surface area contributed by atoms with E-state index in [4.69, 9.17) is 5.73 Å². The molecule has 0 radical (unpaired) electrons. The standard InChI is InChI=1S/C23H46N2.C20H44N2/c1-5-6-7-8-9-10-11-12-13-14-15-16-17-18-22-25(4)23-20-19-21-24(2)3;1-2-3-4-5-6-7-8-9-10-11-12-13-14-16-19-22-20-17-15-18-21/h5-18,21-23H2,1-4H3;22H,2-21H2,1H3. The smallest absolute Gasteiger partial charge is 0.0599 e. The number of unbranched alkanes of at least 4 members (excludes halogenated alkanes) is 27. The molecule has 0 aliphatic heterocycles. The summed E-state index contributed by atoms with van der Waals surface area (Å²) in [6.45, 7) is 10.7. The zero-order chi connectivity index (χ0) is 34.7. The molecule has 0 unspecified atom stereocenters. The Labute approximate surface area is 298 Å². The Hall–Kier alpha value is -0.600. The van der Waals surface area contributed by atoms with Crippen LogP contribution >= 0.6 is 0 Å². The lowest BCUT2D eigenvalue weighted by atomic mass is 10.0. The third-order valence-corrected chi connectivity index (χ3v) is 9.28. The van der Waals surface area contributed by atoms with Gasteiger partial charge in [-0.05, 0) is 73.0 Å². The van der Waals surface area contributed by atoms with Crippen molar-refractivity contribution in [1.29, 1.82) is 0 Å². The first kappa shape index (κ1) is 48.5. The molecule has 0 saturated carbocycles. The quantitative estimate of drug-likeness (QED) is 0.0517. The first-order valence-corrected chi connectivity index (χ1v) is 21.3. The van der Waals surface area contributed by atoms with Crippen molar-refractivity contribution in [1.82, 2.24) is 15.1 Å². The van der Waals surface area contributed by atoms with Crippen LogP contribution in [-0.4, -0.2) is 70.2 Å². The second-order valence-corrected chi connectivity index (χ2v) is 14.8. The number of nitrogens with one attached hydrogen (secondary N) is 1. The highest BCUT2D eigenvalue weighted by Crippen LogP contribution is 2.14. The van der Waals surface area contributed by atoms with Crippen molar-refractivity contribution in [3.63, 3.8) is 0 Å². The van der Waals surface area contributed by atoms with Crippen LogP contribution < -0.4 is 11.1 Å². The number of rotatable bonds is 36. The predicted octanol–water partition coefficient (Wildman–Crippen LogP) is 11.8. The molecule has 0 aliphatic carbocycles. The Morgan fingerprint density at radius 2 is 0.723 bits per heavy atom. The summed E-state index contributed by atoms with van der Waals surface area (Å²) in [4.78, 5) is 4.46. The number of hydrogen-bond acceptors (Lipinski definition) is 4. The van der Waals surface area contributed by atoms with Gasteiger partial charge < -0.3 is 11.1 Å². The monoisotopic (exact) mass is 663 g/mol. The Bertz CT molecular complexity index is 576. The van der Waals surface area contributed by atoms with E-state index in [9.17, 15) is 0 Å². The molecule has 0 aliphatic rings. The Kier molecular flexibility index (Phi) is 46.9. The highest BCUT2D eigenvalue weighted by molar-refractivity contribution is 5.02. The van der Waals surface area contributed by atoms with Crippen LogP contribution in [0, 0.1) is 11.8 Å². The Morgan fingerprint density at radius 1 is 0.404 bits per heavy atom. The maximum Gasteiger partial charge on any atom is 0.0599 e. The van der Waals surface area contributed by atoms with Crippen molar-refractivity contribution in [2.75, 3.05) is 60.4 Å². The molecule has 47 heavy (non-hydrogen) atoms. The van der Waals surface area contributed by atoms with Crippen molar-refractivity contribution >= 4 is 0 Å². The van der Waals surface area contributed by atoms with Gasteiger partial charge in [-0.2, -0.15) is 0 Å². The van der Waals surface area contributed by atoms with E-state index in [-0.39, 0.29) is 0 Å². The number of hydrogen-bond donors (Lipinski definition) is 2. The van der Waals surface area contributed by atoms with Crippen LogP contribution in [0.3, 0.4) is 0 Å². The van der Waals surface area contributed by atoms with Crippen LogP contribution in [-0.2, 0) is 0 Å². The van der Waals surface area contributed by atoms with Crippen molar-refractivity contribution in [2.24, 2.45) is 5.73 Å². The second kappa shape index (κ2) is 45.4. The number of nitrogens with two attached hydrogens (primary N) is 1. The molecule has 0 fully saturated rings. The molecule has 3 N–H and O–H groups in total. The average molecular weight is 663 g/mol. The first-order valence-electron chi connectivity index (χ1n) is 21.3. The fourth-order valence-electron chi connectivity index (χ4n) is 6.02. The van der Waals surface area contributed by atoms with Crippen molar-refractivity contribution < 1.29 is 0 Å². The van der Waals surface area contributed by atoms with E-state index in [1.807, 2.05) is 0 Å². The minimum Gasteiger partial charge on any atom is -0.330 e. The molecule has 0 aromatic rings. The average Bonchev–Trinajstić information content (AvgIpc) is 3.06. The maximum absolute atomic E-state index is 5.47. The minimum absolute atomic E-state index is 0.834. The molecule has 0 aromatic heterocycles. The van der Waals surface area contributed by atoms with E-state index in [1.54, 1.807) is 0 Å². The normalized spacial score (nSPS) is 11.1.